The van der Waals surface area contributed by atoms with E-state index in [0.29, 0.717) is 11.8 Å². The van der Waals surface area contributed by atoms with Gasteiger partial charge >= 0.3 is 6.01 Å². The molecule has 7 heteroatoms. The molecule has 2 rings (SSSR count). The zero-order valence-corrected chi connectivity index (χ0v) is 8.64. The van der Waals surface area contributed by atoms with Gasteiger partial charge in [-0.25, -0.2) is 9.97 Å². The summed E-state index contributed by atoms with van der Waals surface area (Å²) >= 11 is 5.76. The minimum Gasteiger partial charge on any atom is -0.406 e. The van der Waals surface area contributed by atoms with Crippen LogP contribution in [0.1, 0.15) is 18.2 Å². The molecule has 2 heterocycles. The molecule has 1 N–H and O–H groups in total. The Labute approximate surface area is 90.7 Å². The van der Waals surface area contributed by atoms with E-state index in [-0.39, 0.29) is 11.4 Å². The molecule has 0 aliphatic heterocycles. The third kappa shape index (κ3) is 2.41. The monoisotopic (exact) mass is 225 g/mol. The summed E-state index contributed by atoms with van der Waals surface area (Å²) in [6.45, 7) is 1.75. The number of nitrogens with zero attached hydrogens (tertiary/aromatic N) is 4. The molecule has 0 aliphatic carbocycles. The van der Waals surface area contributed by atoms with Crippen LogP contribution in [0, 0.1) is 0 Å². The minimum atomic E-state index is -0.315. The van der Waals surface area contributed by atoms with Crippen LogP contribution in [0.4, 0.5) is 12.0 Å². The van der Waals surface area contributed by atoms with E-state index in [1.165, 1.54) is 0 Å². The number of hydrogen-bond donors (Lipinski definition) is 1. The molecule has 1 atom stereocenters. The van der Waals surface area contributed by atoms with E-state index in [1.807, 2.05) is 0 Å². The molecule has 2 aromatic rings. The number of anilines is 2. The van der Waals surface area contributed by atoms with Crippen molar-refractivity contribution >= 4 is 23.6 Å². The van der Waals surface area contributed by atoms with Crippen LogP contribution < -0.4 is 5.32 Å². The number of hydrogen-bond acceptors (Lipinski definition) is 6. The van der Waals surface area contributed by atoms with Gasteiger partial charge in [-0.1, -0.05) is 5.10 Å². The average molecular weight is 226 g/mol. The first kappa shape index (κ1) is 9.85. The molecular formula is C8H8ClN5O. The van der Waals surface area contributed by atoms with E-state index < -0.39 is 0 Å². The fourth-order valence-electron chi connectivity index (χ4n) is 0.905. The normalized spacial score (nSPS) is 12.4. The summed E-state index contributed by atoms with van der Waals surface area (Å²) in [5, 5.41) is 9.93. The van der Waals surface area contributed by atoms with Gasteiger partial charge in [0.05, 0.1) is 0 Å². The van der Waals surface area contributed by atoms with Crippen LogP contribution in [0.2, 0.25) is 0 Å². The van der Waals surface area contributed by atoms with Crippen molar-refractivity contribution in [3.63, 3.8) is 0 Å². The molecule has 0 saturated heterocycles. The first-order chi connectivity index (χ1) is 7.25. The van der Waals surface area contributed by atoms with E-state index in [0.717, 1.165) is 0 Å². The van der Waals surface area contributed by atoms with Gasteiger partial charge in [0.2, 0.25) is 11.8 Å². The maximum atomic E-state index is 5.76. The second-order valence-electron chi connectivity index (χ2n) is 2.76. The van der Waals surface area contributed by atoms with Gasteiger partial charge in [0.1, 0.15) is 5.38 Å². The van der Waals surface area contributed by atoms with Crippen LogP contribution in [0.3, 0.4) is 0 Å². The number of rotatable bonds is 3. The van der Waals surface area contributed by atoms with Crippen molar-refractivity contribution in [3.05, 3.63) is 24.4 Å². The van der Waals surface area contributed by atoms with Crippen LogP contribution in [-0.4, -0.2) is 20.2 Å². The maximum Gasteiger partial charge on any atom is 0.322 e. The Morgan fingerprint density at radius 1 is 1.33 bits per heavy atom. The Bertz CT molecular complexity index is 430. The topological polar surface area (TPSA) is 76.7 Å². The first-order valence-electron chi connectivity index (χ1n) is 4.27. The fraction of sp³-hybridized carbons (Fsp3) is 0.250. The second-order valence-corrected chi connectivity index (χ2v) is 3.41. The average Bonchev–Trinajstić information content (AvgIpc) is 2.68. The zero-order chi connectivity index (χ0) is 10.7. The Hall–Kier alpha value is -1.69. The van der Waals surface area contributed by atoms with E-state index in [4.69, 9.17) is 16.0 Å². The number of alkyl halides is 1. The lowest BCUT2D eigenvalue weighted by Gasteiger charge is -1.96. The molecule has 0 fully saturated rings. The van der Waals surface area contributed by atoms with E-state index in [9.17, 15) is 0 Å². The van der Waals surface area contributed by atoms with Gasteiger partial charge in [-0.2, -0.15) is 0 Å². The predicted octanol–water partition coefficient (Wildman–Crippen LogP) is 1.90. The quantitative estimate of drug-likeness (QED) is 0.804. The lowest BCUT2D eigenvalue weighted by molar-refractivity contribution is 0.509. The Morgan fingerprint density at radius 3 is 2.67 bits per heavy atom. The standard InChI is InChI=1S/C8H8ClN5O/c1-5(9)6-13-14-8(15-6)12-7-10-3-2-4-11-7/h2-5H,1H3,(H,10,11,12,14). The molecule has 0 aromatic carbocycles. The molecule has 6 nitrogen and oxygen atoms in total. The van der Waals surface area contributed by atoms with Crippen LogP contribution >= 0.6 is 11.6 Å². The van der Waals surface area contributed by atoms with Crippen molar-refractivity contribution in [2.75, 3.05) is 5.32 Å². The highest BCUT2D eigenvalue weighted by atomic mass is 35.5. The zero-order valence-electron chi connectivity index (χ0n) is 7.88. The van der Waals surface area contributed by atoms with Gasteiger partial charge in [-0.05, 0) is 13.0 Å². The Kier molecular flexibility index (Phi) is 2.77. The van der Waals surface area contributed by atoms with Crippen molar-refractivity contribution in [2.24, 2.45) is 0 Å². The van der Waals surface area contributed by atoms with Gasteiger partial charge in [-0.3, -0.25) is 5.32 Å². The Morgan fingerprint density at radius 2 is 2.07 bits per heavy atom. The van der Waals surface area contributed by atoms with Gasteiger partial charge in [0, 0.05) is 12.4 Å². The third-order valence-corrected chi connectivity index (χ3v) is 1.75. The second kappa shape index (κ2) is 4.22. The smallest absolute Gasteiger partial charge is 0.322 e. The van der Waals surface area contributed by atoms with E-state index >= 15 is 0 Å². The largest absolute Gasteiger partial charge is 0.406 e. The van der Waals surface area contributed by atoms with Gasteiger partial charge in [0.25, 0.3) is 0 Å². The number of aromatic nitrogens is 4. The highest BCUT2D eigenvalue weighted by molar-refractivity contribution is 6.20. The van der Waals surface area contributed by atoms with Gasteiger partial charge in [-0.15, -0.1) is 16.7 Å². The highest BCUT2D eigenvalue weighted by Crippen LogP contribution is 2.20. The molecule has 0 bridgehead atoms. The fourth-order valence-corrected chi connectivity index (χ4v) is 0.993. The van der Waals surface area contributed by atoms with E-state index in [2.05, 4.69) is 25.5 Å². The minimum absolute atomic E-state index is 0.226. The lowest BCUT2D eigenvalue weighted by atomic mass is 10.5. The number of nitrogens with one attached hydrogen (secondary N) is 1. The summed E-state index contributed by atoms with van der Waals surface area (Å²) in [5.41, 5.74) is 0. The number of halogens is 1. The summed E-state index contributed by atoms with van der Waals surface area (Å²) in [7, 11) is 0. The van der Waals surface area contributed by atoms with Crippen molar-refractivity contribution in [2.45, 2.75) is 12.3 Å². The maximum absolute atomic E-state index is 5.76. The summed E-state index contributed by atoms with van der Waals surface area (Å²) in [6, 6.07) is 1.94. The molecule has 2 aromatic heterocycles. The van der Waals surface area contributed by atoms with Crippen LogP contribution in [0.5, 0.6) is 0 Å². The summed E-state index contributed by atoms with van der Waals surface area (Å²) < 4.78 is 5.20. The molecule has 78 valence electrons. The molecule has 1 unspecified atom stereocenters. The molecule has 0 radical (unpaired) electrons. The summed E-state index contributed by atoms with van der Waals surface area (Å²) in [5.74, 6) is 0.755. The molecule has 0 aliphatic rings. The lowest BCUT2D eigenvalue weighted by Crippen LogP contribution is -1.95. The van der Waals surface area contributed by atoms with Gasteiger partial charge < -0.3 is 4.42 Å². The molecular weight excluding hydrogens is 218 g/mol. The van der Waals surface area contributed by atoms with Crippen LogP contribution in [-0.2, 0) is 0 Å². The van der Waals surface area contributed by atoms with Crippen molar-refractivity contribution in [3.8, 4) is 0 Å². The molecule has 0 saturated carbocycles. The predicted molar refractivity (Wildman–Crippen MR) is 53.9 cm³/mol. The SMILES string of the molecule is CC(Cl)c1nnc(Nc2ncccn2)o1. The van der Waals surface area contributed by atoms with Crippen molar-refractivity contribution in [1.82, 2.24) is 20.2 Å². The first-order valence-corrected chi connectivity index (χ1v) is 4.71. The Balaban J connectivity index is 2.12. The van der Waals surface area contributed by atoms with Crippen LogP contribution in [0.15, 0.2) is 22.9 Å². The van der Waals surface area contributed by atoms with Crippen molar-refractivity contribution < 1.29 is 4.42 Å². The molecule has 15 heavy (non-hydrogen) atoms. The van der Waals surface area contributed by atoms with Crippen molar-refractivity contribution in [1.29, 1.82) is 0 Å². The van der Waals surface area contributed by atoms with Crippen LogP contribution in [0.25, 0.3) is 0 Å². The third-order valence-electron chi connectivity index (χ3n) is 1.57. The molecule has 0 amide bonds. The summed E-state index contributed by atoms with van der Waals surface area (Å²) in [6.07, 6.45) is 3.22. The summed E-state index contributed by atoms with van der Waals surface area (Å²) in [4.78, 5) is 7.89. The highest BCUT2D eigenvalue weighted by Gasteiger charge is 2.11. The van der Waals surface area contributed by atoms with Gasteiger partial charge in [0.15, 0.2) is 0 Å². The van der Waals surface area contributed by atoms with E-state index in [1.54, 1.807) is 25.4 Å². The molecule has 0 spiro atoms.